The molecule has 1 saturated heterocycles. The molecule has 0 unspecified atom stereocenters. The minimum atomic E-state index is -0.439. The molecule has 1 aliphatic rings. The lowest BCUT2D eigenvalue weighted by atomic mass is 10.2. The Labute approximate surface area is 205 Å². The average molecular weight is 533 g/mol. The zero-order valence-electron chi connectivity index (χ0n) is 18.1. The molecule has 4 rings (SSSR count). The van der Waals surface area contributed by atoms with Gasteiger partial charge in [0.25, 0.3) is 5.91 Å². The summed E-state index contributed by atoms with van der Waals surface area (Å²) in [6, 6.07) is 11.0. The SMILES string of the molecule is COc1nc(Nc2ccc(O[C@@H]3CCNC3)c(C)c2)ncc1C(=O)Nc1c(Cl)cccc1Br. The van der Waals surface area contributed by atoms with Crippen LogP contribution in [0.4, 0.5) is 17.3 Å². The fourth-order valence-electron chi connectivity index (χ4n) is 3.43. The Morgan fingerprint density at radius 3 is 2.85 bits per heavy atom. The van der Waals surface area contributed by atoms with Crippen LogP contribution in [-0.4, -0.2) is 42.2 Å². The van der Waals surface area contributed by atoms with E-state index in [1.165, 1.54) is 13.3 Å². The van der Waals surface area contributed by atoms with Gasteiger partial charge in [-0.3, -0.25) is 4.79 Å². The Bertz CT molecular complexity index is 1150. The number of methoxy groups -OCH3 is 1. The van der Waals surface area contributed by atoms with E-state index in [-0.39, 0.29) is 17.5 Å². The number of ether oxygens (including phenoxy) is 2. The van der Waals surface area contributed by atoms with Crippen molar-refractivity contribution in [2.75, 3.05) is 30.8 Å². The van der Waals surface area contributed by atoms with Crippen LogP contribution in [-0.2, 0) is 0 Å². The molecule has 3 aromatic rings. The number of amides is 1. The van der Waals surface area contributed by atoms with Crippen LogP contribution in [0.15, 0.2) is 47.1 Å². The minimum absolute atomic E-state index is 0.138. The smallest absolute Gasteiger partial charge is 0.262 e. The fraction of sp³-hybridized carbons (Fsp3) is 0.261. The van der Waals surface area contributed by atoms with Gasteiger partial charge in [-0.1, -0.05) is 17.7 Å². The first-order valence-electron chi connectivity index (χ1n) is 10.4. The van der Waals surface area contributed by atoms with E-state index in [1.807, 2.05) is 25.1 Å². The number of aromatic nitrogens is 2. The summed E-state index contributed by atoms with van der Waals surface area (Å²) in [5, 5.41) is 9.61. The number of nitrogens with zero attached hydrogens (tertiary/aromatic N) is 2. The largest absolute Gasteiger partial charge is 0.489 e. The van der Waals surface area contributed by atoms with E-state index in [4.69, 9.17) is 21.1 Å². The van der Waals surface area contributed by atoms with Gasteiger partial charge in [0.1, 0.15) is 17.4 Å². The van der Waals surface area contributed by atoms with Crippen LogP contribution in [0.5, 0.6) is 11.6 Å². The molecule has 1 fully saturated rings. The molecule has 0 saturated carbocycles. The number of anilines is 3. The molecule has 2 heterocycles. The summed E-state index contributed by atoms with van der Waals surface area (Å²) < 4.78 is 12.1. The summed E-state index contributed by atoms with van der Waals surface area (Å²) in [6.45, 7) is 3.83. The lowest BCUT2D eigenvalue weighted by molar-refractivity contribution is 0.102. The summed E-state index contributed by atoms with van der Waals surface area (Å²) >= 11 is 9.58. The van der Waals surface area contributed by atoms with Crippen molar-refractivity contribution in [2.24, 2.45) is 0 Å². The van der Waals surface area contributed by atoms with Crippen molar-refractivity contribution in [3.8, 4) is 11.6 Å². The van der Waals surface area contributed by atoms with E-state index in [0.29, 0.717) is 21.1 Å². The van der Waals surface area contributed by atoms with E-state index in [0.717, 1.165) is 36.5 Å². The van der Waals surface area contributed by atoms with Gasteiger partial charge in [0.15, 0.2) is 0 Å². The first-order chi connectivity index (χ1) is 15.9. The standard InChI is InChI=1S/C23H23BrClN5O3/c1-13-10-14(6-7-19(13)33-15-8-9-26-11-15)28-23-27-12-16(22(30-23)32-2)21(31)29-20-17(24)4-3-5-18(20)25/h3-7,10,12,15,26H,8-9,11H2,1-2H3,(H,29,31)(H,27,28,30)/t15-/m1/s1. The van der Waals surface area contributed by atoms with Crippen molar-refractivity contribution in [3.63, 3.8) is 0 Å². The van der Waals surface area contributed by atoms with E-state index in [9.17, 15) is 4.79 Å². The molecule has 1 atom stereocenters. The highest BCUT2D eigenvalue weighted by molar-refractivity contribution is 9.10. The number of carbonyl (C=O) groups is 1. The summed E-state index contributed by atoms with van der Waals surface area (Å²) in [7, 11) is 1.45. The topological polar surface area (TPSA) is 97.4 Å². The van der Waals surface area contributed by atoms with Crippen LogP contribution in [0.25, 0.3) is 0 Å². The predicted octanol–water partition coefficient (Wildman–Crippen LogP) is 4.95. The highest BCUT2D eigenvalue weighted by Crippen LogP contribution is 2.31. The van der Waals surface area contributed by atoms with Crippen LogP contribution >= 0.6 is 27.5 Å². The Kier molecular flexibility index (Phi) is 7.32. The third-order valence-corrected chi connectivity index (χ3v) is 6.11. The maximum absolute atomic E-state index is 12.8. The molecule has 3 N–H and O–H groups in total. The van der Waals surface area contributed by atoms with Gasteiger partial charge in [-0.2, -0.15) is 4.98 Å². The maximum Gasteiger partial charge on any atom is 0.262 e. The van der Waals surface area contributed by atoms with Gasteiger partial charge in [-0.25, -0.2) is 4.98 Å². The van der Waals surface area contributed by atoms with Crippen LogP contribution in [0.3, 0.4) is 0 Å². The molecule has 172 valence electrons. The number of nitrogens with one attached hydrogen (secondary N) is 3. The van der Waals surface area contributed by atoms with E-state index in [2.05, 4.69) is 41.8 Å². The molecule has 10 heteroatoms. The molecule has 8 nitrogen and oxygen atoms in total. The minimum Gasteiger partial charge on any atom is -0.489 e. The molecule has 0 aliphatic carbocycles. The van der Waals surface area contributed by atoms with E-state index < -0.39 is 5.91 Å². The second kappa shape index (κ2) is 10.4. The molecule has 0 spiro atoms. The van der Waals surface area contributed by atoms with Gasteiger partial charge in [-0.05, 0) is 71.7 Å². The highest BCUT2D eigenvalue weighted by Gasteiger charge is 2.19. The average Bonchev–Trinajstić information content (AvgIpc) is 3.31. The van der Waals surface area contributed by atoms with Crippen molar-refractivity contribution < 1.29 is 14.3 Å². The Balaban J connectivity index is 1.48. The molecule has 0 bridgehead atoms. The Morgan fingerprint density at radius 1 is 1.30 bits per heavy atom. The number of para-hydroxylation sites is 1. The molecule has 1 aromatic heterocycles. The van der Waals surface area contributed by atoms with Crippen molar-refractivity contribution >= 4 is 50.8 Å². The molecule has 0 radical (unpaired) electrons. The molecular weight excluding hydrogens is 510 g/mol. The van der Waals surface area contributed by atoms with Crippen LogP contribution in [0.2, 0.25) is 5.02 Å². The molecular formula is C23H23BrClN5O3. The molecule has 33 heavy (non-hydrogen) atoms. The number of halogens is 2. The van der Waals surface area contributed by atoms with Gasteiger partial charge in [0.2, 0.25) is 11.8 Å². The third kappa shape index (κ3) is 5.55. The first kappa shape index (κ1) is 23.3. The number of hydrogen-bond donors (Lipinski definition) is 3. The zero-order valence-corrected chi connectivity index (χ0v) is 20.5. The lowest BCUT2D eigenvalue weighted by Gasteiger charge is -2.16. The molecule has 2 aromatic carbocycles. The lowest BCUT2D eigenvalue weighted by Crippen LogP contribution is -2.19. The van der Waals surface area contributed by atoms with Crippen molar-refractivity contribution in [1.82, 2.24) is 15.3 Å². The fourth-order valence-corrected chi connectivity index (χ4v) is 4.23. The first-order valence-corrected chi connectivity index (χ1v) is 11.5. The third-order valence-electron chi connectivity index (χ3n) is 5.13. The van der Waals surface area contributed by atoms with Crippen LogP contribution in [0.1, 0.15) is 22.3 Å². The highest BCUT2D eigenvalue weighted by atomic mass is 79.9. The van der Waals surface area contributed by atoms with Gasteiger partial charge in [0.05, 0.1) is 17.8 Å². The molecule has 1 amide bonds. The van der Waals surface area contributed by atoms with Gasteiger partial charge < -0.3 is 25.4 Å². The summed E-state index contributed by atoms with van der Waals surface area (Å²) in [5.41, 5.74) is 2.43. The Hall–Kier alpha value is -2.88. The number of carbonyl (C=O) groups excluding carboxylic acids is 1. The van der Waals surface area contributed by atoms with Gasteiger partial charge >= 0.3 is 0 Å². The zero-order chi connectivity index (χ0) is 23.4. The van der Waals surface area contributed by atoms with Crippen LogP contribution in [0, 0.1) is 6.92 Å². The predicted molar refractivity (Wildman–Crippen MR) is 132 cm³/mol. The van der Waals surface area contributed by atoms with Gasteiger partial charge in [-0.15, -0.1) is 0 Å². The number of benzene rings is 2. The summed E-state index contributed by atoms with van der Waals surface area (Å²) in [6.07, 6.45) is 2.60. The quantitative estimate of drug-likeness (QED) is 0.396. The van der Waals surface area contributed by atoms with Crippen molar-refractivity contribution in [2.45, 2.75) is 19.4 Å². The van der Waals surface area contributed by atoms with Crippen LogP contribution < -0.4 is 25.4 Å². The van der Waals surface area contributed by atoms with E-state index in [1.54, 1.807) is 18.2 Å². The van der Waals surface area contributed by atoms with Gasteiger partial charge in [0, 0.05) is 22.9 Å². The van der Waals surface area contributed by atoms with E-state index >= 15 is 0 Å². The van der Waals surface area contributed by atoms with Crippen molar-refractivity contribution in [1.29, 1.82) is 0 Å². The normalized spacial score (nSPS) is 15.2. The Morgan fingerprint density at radius 2 is 2.15 bits per heavy atom. The summed E-state index contributed by atoms with van der Waals surface area (Å²) in [5.74, 6) is 0.852. The number of aryl methyl sites for hydroxylation is 1. The second-order valence-corrected chi connectivity index (χ2v) is 8.77. The van der Waals surface area contributed by atoms with Crippen molar-refractivity contribution in [3.05, 3.63) is 63.2 Å². The number of rotatable bonds is 7. The summed E-state index contributed by atoms with van der Waals surface area (Å²) in [4.78, 5) is 21.4. The second-order valence-electron chi connectivity index (χ2n) is 7.51. The maximum atomic E-state index is 12.8. The monoisotopic (exact) mass is 531 g/mol. The number of hydrogen-bond acceptors (Lipinski definition) is 7. The molecule has 1 aliphatic heterocycles.